The molecule has 1 aromatic heterocycles. The van der Waals surface area contributed by atoms with E-state index in [-0.39, 0.29) is 17.7 Å². The molecule has 7 heteroatoms. The number of nitrogens with zero attached hydrogens (tertiary/aromatic N) is 3. The van der Waals surface area contributed by atoms with Gasteiger partial charge in [0, 0.05) is 22.7 Å². The normalized spacial score (nSPS) is 20.7. The molecule has 0 fully saturated rings. The molecule has 3 aromatic rings. The van der Waals surface area contributed by atoms with Gasteiger partial charge < -0.3 is 10.1 Å². The molecular weight excluding hydrogens is 388 g/mol. The summed E-state index contributed by atoms with van der Waals surface area (Å²) in [7, 11) is 1.65. The number of ether oxygens (including phenoxy) is 1. The molecule has 0 amide bonds. The van der Waals surface area contributed by atoms with Gasteiger partial charge in [0.15, 0.2) is 5.78 Å². The van der Waals surface area contributed by atoms with E-state index < -0.39 is 0 Å². The van der Waals surface area contributed by atoms with E-state index in [1.165, 1.54) is 6.33 Å². The predicted octanol–water partition coefficient (Wildman–Crippen LogP) is 4.36. The maximum absolute atomic E-state index is 13.3. The number of benzene rings is 2. The van der Waals surface area contributed by atoms with Gasteiger partial charge in [0.05, 0.1) is 7.11 Å². The second-order valence-electron chi connectivity index (χ2n) is 7.30. The van der Waals surface area contributed by atoms with Gasteiger partial charge >= 0.3 is 0 Å². The van der Waals surface area contributed by atoms with E-state index in [0.29, 0.717) is 17.4 Å². The number of aromatic nitrogens is 3. The van der Waals surface area contributed by atoms with E-state index in [1.807, 2.05) is 48.5 Å². The fourth-order valence-electron chi connectivity index (χ4n) is 4.22. The first-order chi connectivity index (χ1) is 14.1. The Kier molecular flexibility index (Phi) is 4.36. The van der Waals surface area contributed by atoms with E-state index in [4.69, 9.17) is 16.3 Å². The summed E-state index contributed by atoms with van der Waals surface area (Å²) in [6, 6.07) is 15.2. The molecule has 2 heterocycles. The maximum Gasteiger partial charge on any atom is 0.226 e. The highest BCUT2D eigenvalue weighted by molar-refractivity contribution is 6.30. The number of hydrogen-bond donors (Lipinski definition) is 1. The van der Waals surface area contributed by atoms with Crippen molar-refractivity contribution in [1.82, 2.24) is 14.8 Å². The number of carbonyl (C=O) groups excluding carboxylic acids is 1. The predicted molar refractivity (Wildman–Crippen MR) is 110 cm³/mol. The Morgan fingerprint density at radius 3 is 2.52 bits per heavy atom. The van der Waals surface area contributed by atoms with Gasteiger partial charge in [-0.15, -0.1) is 0 Å². The number of nitrogens with one attached hydrogen (secondary N) is 1. The van der Waals surface area contributed by atoms with Crippen LogP contribution in [0.25, 0.3) is 0 Å². The molecule has 1 aliphatic heterocycles. The van der Waals surface area contributed by atoms with Crippen LogP contribution in [0.5, 0.6) is 5.75 Å². The number of allylic oxidation sites excluding steroid dienone is 2. The van der Waals surface area contributed by atoms with Gasteiger partial charge in [-0.1, -0.05) is 35.9 Å². The number of carbonyl (C=O) groups is 1. The van der Waals surface area contributed by atoms with E-state index in [2.05, 4.69) is 15.4 Å². The Labute approximate surface area is 173 Å². The van der Waals surface area contributed by atoms with Crippen molar-refractivity contribution in [2.75, 3.05) is 12.4 Å². The molecule has 2 aromatic carbocycles. The molecule has 0 saturated carbocycles. The van der Waals surface area contributed by atoms with E-state index >= 15 is 0 Å². The summed E-state index contributed by atoms with van der Waals surface area (Å²) in [6.45, 7) is 0. The van der Waals surface area contributed by atoms with Crippen LogP contribution in [0.15, 0.2) is 66.1 Å². The number of halogens is 1. The monoisotopic (exact) mass is 406 g/mol. The Bertz CT molecular complexity index is 1100. The summed E-state index contributed by atoms with van der Waals surface area (Å²) in [4.78, 5) is 17.6. The minimum atomic E-state index is -0.301. The number of fused-ring (bicyclic) bond motifs is 1. The highest BCUT2D eigenvalue weighted by Gasteiger charge is 2.39. The van der Waals surface area contributed by atoms with Gasteiger partial charge in [-0.3, -0.25) is 4.79 Å². The smallest absolute Gasteiger partial charge is 0.226 e. The molecule has 0 spiro atoms. The third-order valence-electron chi connectivity index (χ3n) is 5.63. The van der Waals surface area contributed by atoms with Crippen molar-refractivity contribution in [1.29, 1.82) is 0 Å². The van der Waals surface area contributed by atoms with Crippen LogP contribution in [0, 0.1) is 0 Å². The Morgan fingerprint density at radius 2 is 1.79 bits per heavy atom. The molecule has 5 rings (SSSR count). The van der Waals surface area contributed by atoms with Crippen LogP contribution in [-0.2, 0) is 4.79 Å². The van der Waals surface area contributed by atoms with Gasteiger partial charge in [-0.05, 0) is 47.7 Å². The number of ketones is 1. The lowest BCUT2D eigenvalue weighted by atomic mass is 9.78. The molecule has 6 nitrogen and oxygen atoms in total. The number of rotatable bonds is 3. The van der Waals surface area contributed by atoms with Crippen molar-refractivity contribution < 1.29 is 9.53 Å². The van der Waals surface area contributed by atoms with E-state index in [9.17, 15) is 4.79 Å². The standard InChI is InChI=1S/C22H19ClN4O2/c1-29-17-8-4-13(5-9-17)15-10-18-20(19(28)11-15)21(14-2-6-16(23)7-3-14)27-22(26-18)24-12-25-27/h2-9,12,15,21H,10-11H2,1H3,(H,24,25,26). The first kappa shape index (κ1) is 17.9. The van der Waals surface area contributed by atoms with Crippen molar-refractivity contribution in [3.05, 3.63) is 82.3 Å². The highest BCUT2D eigenvalue weighted by atomic mass is 35.5. The second-order valence-corrected chi connectivity index (χ2v) is 7.74. The Hall–Kier alpha value is -3.12. The molecule has 2 aliphatic rings. The van der Waals surface area contributed by atoms with E-state index in [0.717, 1.165) is 34.6 Å². The average Bonchev–Trinajstić information content (AvgIpc) is 3.21. The minimum absolute atomic E-state index is 0.111. The number of Topliss-reactive ketones (excluding diaryl/α,β-unsaturated/α-hetero) is 1. The van der Waals surface area contributed by atoms with Crippen LogP contribution in [-0.4, -0.2) is 27.7 Å². The molecule has 1 aliphatic carbocycles. The zero-order valence-electron chi connectivity index (χ0n) is 15.8. The molecule has 0 saturated heterocycles. The van der Waals surface area contributed by atoms with Crippen molar-refractivity contribution in [2.24, 2.45) is 0 Å². The molecule has 29 heavy (non-hydrogen) atoms. The van der Waals surface area contributed by atoms with Gasteiger partial charge in [0.1, 0.15) is 18.1 Å². The first-order valence-corrected chi connectivity index (χ1v) is 9.84. The summed E-state index contributed by atoms with van der Waals surface area (Å²) in [5.74, 6) is 1.69. The largest absolute Gasteiger partial charge is 0.497 e. The molecule has 0 bridgehead atoms. The lowest BCUT2D eigenvalue weighted by molar-refractivity contribution is -0.116. The van der Waals surface area contributed by atoms with Crippen molar-refractivity contribution in [3.8, 4) is 5.75 Å². The van der Waals surface area contributed by atoms with Crippen LogP contribution < -0.4 is 10.1 Å². The topological polar surface area (TPSA) is 69.0 Å². The SMILES string of the molecule is COc1ccc(C2CC(=O)C3=C(C2)Nc2ncnn2C3c2ccc(Cl)cc2)cc1. The third kappa shape index (κ3) is 3.09. The first-order valence-electron chi connectivity index (χ1n) is 9.46. The zero-order valence-corrected chi connectivity index (χ0v) is 16.6. The molecule has 2 unspecified atom stereocenters. The second kappa shape index (κ2) is 7.04. The van der Waals surface area contributed by atoms with Crippen LogP contribution in [0.2, 0.25) is 5.02 Å². The highest BCUT2D eigenvalue weighted by Crippen LogP contribution is 2.44. The Morgan fingerprint density at radius 1 is 1.07 bits per heavy atom. The average molecular weight is 407 g/mol. The van der Waals surface area contributed by atoms with E-state index in [1.54, 1.807) is 11.8 Å². The summed E-state index contributed by atoms with van der Waals surface area (Å²) in [5, 5.41) is 8.37. The van der Waals surface area contributed by atoms with Gasteiger partial charge in [0.25, 0.3) is 0 Å². The van der Waals surface area contributed by atoms with Gasteiger partial charge in [-0.2, -0.15) is 10.1 Å². The fraction of sp³-hybridized carbons (Fsp3) is 0.227. The Balaban J connectivity index is 1.55. The molecule has 146 valence electrons. The quantitative estimate of drug-likeness (QED) is 0.700. The summed E-state index contributed by atoms with van der Waals surface area (Å²) < 4.78 is 7.02. The molecular formula is C22H19ClN4O2. The lowest BCUT2D eigenvalue weighted by Gasteiger charge is -2.35. The van der Waals surface area contributed by atoms with Crippen LogP contribution in [0.3, 0.4) is 0 Å². The molecule has 0 radical (unpaired) electrons. The summed E-state index contributed by atoms with van der Waals surface area (Å²) in [6.07, 6.45) is 2.71. The summed E-state index contributed by atoms with van der Waals surface area (Å²) >= 11 is 6.07. The number of hydrogen-bond acceptors (Lipinski definition) is 5. The molecule has 2 atom stereocenters. The maximum atomic E-state index is 13.3. The minimum Gasteiger partial charge on any atom is -0.497 e. The van der Waals surface area contributed by atoms with Gasteiger partial charge in [0.2, 0.25) is 5.95 Å². The number of anilines is 1. The number of methoxy groups -OCH3 is 1. The van der Waals surface area contributed by atoms with Crippen molar-refractivity contribution in [2.45, 2.75) is 24.8 Å². The van der Waals surface area contributed by atoms with Crippen LogP contribution >= 0.6 is 11.6 Å². The lowest BCUT2D eigenvalue weighted by Crippen LogP contribution is -2.33. The zero-order chi connectivity index (χ0) is 20.0. The summed E-state index contributed by atoms with van der Waals surface area (Å²) in [5.41, 5.74) is 3.77. The van der Waals surface area contributed by atoms with Crippen LogP contribution in [0.1, 0.15) is 35.9 Å². The van der Waals surface area contributed by atoms with Crippen LogP contribution in [0.4, 0.5) is 5.95 Å². The van der Waals surface area contributed by atoms with Crippen molar-refractivity contribution in [3.63, 3.8) is 0 Å². The third-order valence-corrected chi connectivity index (χ3v) is 5.89. The van der Waals surface area contributed by atoms with Gasteiger partial charge in [-0.25, -0.2) is 4.68 Å². The fourth-order valence-corrected chi connectivity index (χ4v) is 4.34. The van der Waals surface area contributed by atoms with Crippen molar-refractivity contribution >= 4 is 23.3 Å². The molecule has 1 N–H and O–H groups in total.